The number of hydrogen-bond acceptors (Lipinski definition) is 1. The second kappa shape index (κ2) is 4.93. The molecule has 0 aromatic carbocycles. The van der Waals surface area contributed by atoms with Gasteiger partial charge in [0.05, 0.1) is 0 Å². The molecule has 2 rings (SSSR count). The van der Waals surface area contributed by atoms with Crippen LogP contribution in [-0.4, -0.2) is 14.2 Å². The van der Waals surface area contributed by atoms with Crippen LogP contribution >= 0.6 is 0 Å². The fourth-order valence-corrected chi connectivity index (χ4v) is 12.1. The van der Waals surface area contributed by atoms with Crippen LogP contribution in [0.2, 0.25) is 0 Å². The van der Waals surface area contributed by atoms with Crippen LogP contribution in [0.3, 0.4) is 0 Å². The van der Waals surface area contributed by atoms with Crippen molar-refractivity contribution in [2.45, 2.75) is 53.0 Å². The van der Waals surface area contributed by atoms with Gasteiger partial charge in [-0.05, 0) is 0 Å². The molecule has 2 aliphatic rings. The Morgan fingerprint density at radius 1 is 1.19 bits per heavy atom. The molecule has 0 spiro atoms. The van der Waals surface area contributed by atoms with Gasteiger partial charge in [-0.1, -0.05) is 0 Å². The summed E-state index contributed by atoms with van der Waals surface area (Å²) in [5.41, 5.74) is 4.85. The van der Waals surface area contributed by atoms with E-state index < -0.39 is 17.4 Å². The van der Waals surface area contributed by atoms with Gasteiger partial charge in [-0.2, -0.15) is 0 Å². The summed E-state index contributed by atoms with van der Waals surface area (Å²) in [6.07, 6.45) is 4.32. The van der Waals surface area contributed by atoms with Gasteiger partial charge in [-0.15, -0.1) is 0 Å². The Balaban J connectivity index is 2.09. The van der Waals surface area contributed by atoms with Crippen molar-refractivity contribution >= 4 is 8.11 Å². The average Bonchev–Trinajstić information content (AvgIpc) is 2.37. The van der Waals surface area contributed by atoms with Gasteiger partial charge in [0.25, 0.3) is 0 Å². The molecule has 1 fully saturated rings. The molecule has 0 heterocycles. The molecule has 1 saturated carbocycles. The fraction of sp³-hybridized carbons (Fsp3) is 0.692. The Kier molecular flexibility index (Phi) is 3.95. The van der Waals surface area contributed by atoms with E-state index in [2.05, 4.69) is 31.5 Å². The molecule has 0 aliphatic heterocycles. The Morgan fingerprint density at radius 3 is 2.19 bits per heavy atom. The van der Waals surface area contributed by atoms with Gasteiger partial charge in [0.15, 0.2) is 0 Å². The van der Waals surface area contributed by atoms with Crippen molar-refractivity contribution in [1.29, 1.82) is 0 Å². The number of rotatable bonds is 3. The quantitative estimate of drug-likeness (QED) is 0.775. The predicted molar refractivity (Wildman–Crippen MR) is 71.0 cm³/mol. The molecule has 2 aliphatic carbocycles. The van der Waals surface area contributed by atoms with E-state index in [1.54, 1.807) is 16.7 Å². The second-order valence-corrected chi connectivity index (χ2v) is 12.8. The molecule has 0 aromatic rings. The molecule has 1 N–H and O–H groups in total. The molecule has 1 nitrogen and oxygen atoms in total. The Morgan fingerprint density at radius 2 is 1.81 bits per heavy atom. The summed E-state index contributed by atoms with van der Waals surface area (Å²) in [5.74, 6) is 0.750. The number of hydrogen-bond donors (Lipinski definition) is 1. The SMILES string of the molecule is CC1=C(C)C(C)[C]([Ti]([SiH3])[NH]C2CCC2)=C1C. The minimum atomic E-state index is -1.03. The standard InChI is InChI=1S/C9H13.C4H8N.H3Si.Ti/c1-6-5-7(2)9(4)8(6)3;5-4-2-1-3-4;;/h6H,1-4H3;4-5H,1-3H2;1H3;/q;-1;;+1. The molecule has 1 unspecified atom stereocenters. The van der Waals surface area contributed by atoms with Gasteiger partial charge in [-0.3, -0.25) is 0 Å². The molecule has 1 atom stereocenters. The van der Waals surface area contributed by atoms with E-state index >= 15 is 0 Å². The van der Waals surface area contributed by atoms with Crippen molar-refractivity contribution in [1.82, 2.24) is 3.80 Å². The average molecular weight is 270 g/mol. The molecule has 16 heavy (non-hydrogen) atoms. The van der Waals surface area contributed by atoms with Crippen LogP contribution in [-0.2, 0) is 17.4 Å². The summed E-state index contributed by atoms with van der Waals surface area (Å²) in [5, 5.41) is 0. The first-order valence-corrected chi connectivity index (χ1v) is 13.8. The van der Waals surface area contributed by atoms with E-state index in [0.29, 0.717) is 0 Å². The van der Waals surface area contributed by atoms with E-state index in [-0.39, 0.29) is 0 Å². The first-order chi connectivity index (χ1) is 7.52. The molecule has 0 amide bonds. The number of allylic oxidation sites excluding steroid dienone is 4. The van der Waals surface area contributed by atoms with Crippen LogP contribution in [0.4, 0.5) is 0 Å². The number of nitrogens with one attached hydrogen (secondary N) is 1. The molecular formula is C13H24NSiTi. The molecule has 0 bridgehead atoms. The van der Waals surface area contributed by atoms with Crippen molar-refractivity contribution in [3.63, 3.8) is 0 Å². The Hall–Kier alpha value is 0.371. The molecular weight excluding hydrogens is 246 g/mol. The van der Waals surface area contributed by atoms with Gasteiger partial charge in [0, 0.05) is 0 Å². The third kappa shape index (κ3) is 2.17. The molecule has 0 aromatic heterocycles. The maximum atomic E-state index is 4.00. The van der Waals surface area contributed by atoms with Crippen LogP contribution < -0.4 is 3.80 Å². The second-order valence-electron chi connectivity index (χ2n) is 5.47. The van der Waals surface area contributed by atoms with Crippen LogP contribution in [0.25, 0.3) is 0 Å². The Labute approximate surface area is 109 Å². The van der Waals surface area contributed by atoms with Crippen molar-refractivity contribution in [3.8, 4) is 0 Å². The van der Waals surface area contributed by atoms with E-state index in [1.165, 1.54) is 27.4 Å². The molecule has 89 valence electrons. The van der Waals surface area contributed by atoms with Gasteiger partial charge in [0.2, 0.25) is 0 Å². The molecule has 0 radical (unpaired) electrons. The van der Waals surface area contributed by atoms with Crippen LogP contribution in [0.1, 0.15) is 47.0 Å². The molecule has 3 heteroatoms. The van der Waals surface area contributed by atoms with Crippen molar-refractivity contribution in [2.24, 2.45) is 5.92 Å². The molecule has 0 saturated heterocycles. The zero-order valence-corrected chi connectivity index (χ0v) is 14.8. The first kappa shape index (κ1) is 12.8. The van der Waals surface area contributed by atoms with Crippen LogP contribution in [0.5, 0.6) is 0 Å². The normalized spacial score (nSPS) is 26.6. The van der Waals surface area contributed by atoms with Crippen LogP contribution in [0.15, 0.2) is 20.6 Å². The summed E-state index contributed by atoms with van der Waals surface area (Å²) >= 11 is -1.03. The summed E-state index contributed by atoms with van der Waals surface area (Å²) in [6, 6.07) is 0.890. The third-order valence-electron chi connectivity index (χ3n) is 4.57. The maximum absolute atomic E-state index is 4.00. The predicted octanol–water partition coefficient (Wildman–Crippen LogP) is 2.20. The minimum absolute atomic E-state index is 0.750. The van der Waals surface area contributed by atoms with Crippen molar-refractivity contribution in [2.75, 3.05) is 0 Å². The van der Waals surface area contributed by atoms with Crippen LogP contribution in [0, 0.1) is 5.92 Å². The van der Waals surface area contributed by atoms with Gasteiger partial charge in [0.1, 0.15) is 0 Å². The van der Waals surface area contributed by atoms with E-state index in [9.17, 15) is 0 Å². The summed E-state index contributed by atoms with van der Waals surface area (Å²) in [7, 11) is 1.40. The van der Waals surface area contributed by atoms with Gasteiger partial charge in [-0.25, -0.2) is 0 Å². The Bertz CT molecular complexity index is 355. The zero-order chi connectivity index (χ0) is 11.9. The van der Waals surface area contributed by atoms with Gasteiger partial charge < -0.3 is 0 Å². The topological polar surface area (TPSA) is 12.0 Å². The third-order valence-corrected chi connectivity index (χ3v) is 11.8. The summed E-state index contributed by atoms with van der Waals surface area (Å²) in [4.78, 5) is 0. The van der Waals surface area contributed by atoms with Crippen molar-refractivity contribution < 1.29 is 17.4 Å². The summed E-state index contributed by atoms with van der Waals surface area (Å²) in [6.45, 7) is 9.40. The summed E-state index contributed by atoms with van der Waals surface area (Å²) < 4.78 is 5.86. The fourth-order valence-electron chi connectivity index (χ4n) is 2.91. The first-order valence-electron chi connectivity index (χ1n) is 6.51. The zero-order valence-electron chi connectivity index (χ0n) is 11.3. The monoisotopic (exact) mass is 270 g/mol. The van der Waals surface area contributed by atoms with Gasteiger partial charge >= 0.3 is 109 Å². The van der Waals surface area contributed by atoms with E-state index in [0.717, 1.165) is 12.0 Å². The van der Waals surface area contributed by atoms with E-state index in [4.69, 9.17) is 0 Å². The van der Waals surface area contributed by atoms with Crippen molar-refractivity contribution in [3.05, 3.63) is 20.6 Å². The van der Waals surface area contributed by atoms with E-state index in [1.807, 2.05) is 3.88 Å².